The summed E-state index contributed by atoms with van der Waals surface area (Å²) in [6.07, 6.45) is 2.15. The first kappa shape index (κ1) is 14.6. The van der Waals surface area contributed by atoms with Crippen LogP contribution in [0.3, 0.4) is 0 Å². The fraction of sp³-hybridized carbons (Fsp3) is 0.333. The molecule has 0 aliphatic heterocycles. The van der Waals surface area contributed by atoms with E-state index in [0.29, 0.717) is 6.54 Å². The molecule has 0 atom stereocenters. The number of rotatable bonds is 5. The summed E-state index contributed by atoms with van der Waals surface area (Å²) in [5.41, 5.74) is 12.1. The Kier molecular flexibility index (Phi) is 4.80. The maximum atomic E-state index is 5.79. The highest BCUT2D eigenvalue weighted by atomic mass is 16.5. The molecule has 0 amide bonds. The number of methoxy groups -OCH3 is 1. The van der Waals surface area contributed by atoms with Gasteiger partial charge in [0.1, 0.15) is 5.75 Å². The van der Waals surface area contributed by atoms with E-state index < -0.39 is 0 Å². The fourth-order valence-corrected chi connectivity index (χ4v) is 2.60. The number of hydrogen-bond acceptors (Lipinski definition) is 2. The van der Waals surface area contributed by atoms with Gasteiger partial charge < -0.3 is 10.5 Å². The molecular weight excluding hydrogens is 246 g/mol. The van der Waals surface area contributed by atoms with Crippen LogP contribution in [0.5, 0.6) is 5.75 Å². The van der Waals surface area contributed by atoms with Gasteiger partial charge >= 0.3 is 0 Å². The summed E-state index contributed by atoms with van der Waals surface area (Å²) < 4.78 is 5.33. The highest BCUT2D eigenvalue weighted by Crippen LogP contribution is 2.28. The zero-order valence-electron chi connectivity index (χ0n) is 12.6. The number of benzene rings is 2. The van der Waals surface area contributed by atoms with Gasteiger partial charge in [-0.3, -0.25) is 0 Å². The van der Waals surface area contributed by atoms with Crippen molar-refractivity contribution in [3.05, 3.63) is 53.1 Å². The van der Waals surface area contributed by atoms with Gasteiger partial charge in [0.05, 0.1) is 7.11 Å². The SMILES string of the molecule is CCc1ccc(-c2ccc(OC)c(CN)c2)cc1CC. The molecule has 20 heavy (non-hydrogen) atoms. The Morgan fingerprint density at radius 3 is 2.00 bits per heavy atom. The Bertz CT molecular complexity index is 536. The molecule has 2 rings (SSSR count). The molecule has 0 saturated heterocycles. The van der Waals surface area contributed by atoms with Gasteiger partial charge in [-0.25, -0.2) is 0 Å². The minimum Gasteiger partial charge on any atom is -0.496 e. The van der Waals surface area contributed by atoms with E-state index in [2.05, 4.69) is 44.2 Å². The van der Waals surface area contributed by atoms with Crippen molar-refractivity contribution in [2.75, 3.05) is 7.11 Å². The van der Waals surface area contributed by atoms with Crippen molar-refractivity contribution < 1.29 is 4.74 Å². The summed E-state index contributed by atoms with van der Waals surface area (Å²) in [4.78, 5) is 0. The van der Waals surface area contributed by atoms with Crippen LogP contribution < -0.4 is 10.5 Å². The van der Waals surface area contributed by atoms with Crippen molar-refractivity contribution in [3.63, 3.8) is 0 Å². The lowest BCUT2D eigenvalue weighted by molar-refractivity contribution is 0.410. The molecule has 0 aromatic heterocycles. The molecule has 0 unspecified atom stereocenters. The first-order valence-corrected chi connectivity index (χ1v) is 7.22. The molecule has 106 valence electrons. The predicted molar refractivity (Wildman–Crippen MR) is 85.1 cm³/mol. The standard InChI is InChI=1S/C18H23NO/c1-4-13-6-7-15(10-14(13)5-2)16-8-9-18(20-3)17(11-16)12-19/h6-11H,4-5,12,19H2,1-3H3. The molecule has 2 heteroatoms. The van der Waals surface area contributed by atoms with Gasteiger partial charge in [-0.1, -0.05) is 38.1 Å². The quantitative estimate of drug-likeness (QED) is 0.892. The highest BCUT2D eigenvalue weighted by Gasteiger charge is 2.07. The van der Waals surface area contributed by atoms with Crippen molar-refractivity contribution in [1.82, 2.24) is 0 Å². The van der Waals surface area contributed by atoms with Crippen LogP contribution in [0.25, 0.3) is 11.1 Å². The Morgan fingerprint density at radius 1 is 0.850 bits per heavy atom. The van der Waals surface area contributed by atoms with Crippen LogP contribution in [0, 0.1) is 0 Å². The van der Waals surface area contributed by atoms with Crippen molar-refractivity contribution in [3.8, 4) is 16.9 Å². The van der Waals surface area contributed by atoms with Gasteiger partial charge in [0.25, 0.3) is 0 Å². The Morgan fingerprint density at radius 2 is 1.45 bits per heavy atom. The maximum absolute atomic E-state index is 5.79. The van der Waals surface area contributed by atoms with E-state index in [9.17, 15) is 0 Å². The minimum atomic E-state index is 0.491. The average molecular weight is 269 g/mol. The summed E-state index contributed by atoms with van der Waals surface area (Å²) in [7, 11) is 1.68. The predicted octanol–water partition coefficient (Wildman–Crippen LogP) is 3.95. The lowest BCUT2D eigenvalue weighted by Gasteiger charge is -2.12. The highest BCUT2D eigenvalue weighted by molar-refractivity contribution is 5.67. The van der Waals surface area contributed by atoms with Gasteiger partial charge in [-0.15, -0.1) is 0 Å². The molecule has 0 radical (unpaired) electrons. The van der Waals surface area contributed by atoms with Crippen molar-refractivity contribution in [1.29, 1.82) is 0 Å². The van der Waals surface area contributed by atoms with E-state index in [1.807, 2.05) is 6.07 Å². The third-order valence-corrected chi connectivity index (χ3v) is 3.80. The second kappa shape index (κ2) is 6.58. The molecule has 2 N–H and O–H groups in total. The molecule has 0 aliphatic carbocycles. The number of nitrogens with two attached hydrogens (primary N) is 1. The van der Waals surface area contributed by atoms with Crippen LogP contribution >= 0.6 is 0 Å². The van der Waals surface area contributed by atoms with Crippen LogP contribution in [0.4, 0.5) is 0 Å². The Labute approximate surface area is 121 Å². The second-order valence-electron chi connectivity index (χ2n) is 4.92. The molecule has 0 bridgehead atoms. The summed E-state index contributed by atoms with van der Waals surface area (Å²) in [6.45, 7) is 4.90. The molecule has 0 fully saturated rings. The van der Waals surface area contributed by atoms with Gasteiger partial charge in [0, 0.05) is 12.1 Å². The average Bonchev–Trinajstić information content (AvgIpc) is 2.53. The van der Waals surface area contributed by atoms with Crippen LogP contribution in [0.1, 0.15) is 30.5 Å². The van der Waals surface area contributed by atoms with Crippen molar-refractivity contribution >= 4 is 0 Å². The van der Waals surface area contributed by atoms with Crippen molar-refractivity contribution in [2.24, 2.45) is 5.73 Å². The zero-order chi connectivity index (χ0) is 14.5. The first-order chi connectivity index (χ1) is 9.73. The monoisotopic (exact) mass is 269 g/mol. The summed E-state index contributed by atoms with van der Waals surface area (Å²) >= 11 is 0. The van der Waals surface area contributed by atoms with Crippen LogP contribution in [-0.2, 0) is 19.4 Å². The van der Waals surface area contributed by atoms with Gasteiger partial charge in [0.15, 0.2) is 0 Å². The fourth-order valence-electron chi connectivity index (χ4n) is 2.60. The molecule has 0 spiro atoms. The number of hydrogen-bond donors (Lipinski definition) is 1. The van der Waals surface area contributed by atoms with E-state index in [0.717, 1.165) is 24.2 Å². The van der Waals surface area contributed by atoms with Crippen molar-refractivity contribution in [2.45, 2.75) is 33.2 Å². The van der Waals surface area contributed by atoms with E-state index in [1.54, 1.807) is 7.11 Å². The molecule has 2 aromatic carbocycles. The van der Waals surface area contributed by atoms with Gasteiger partial charge in [0.2, 0.25) is 0 Å². The van der Waals surface area contributed by atoms with E-state index in [4.69, 9.17) is 10.5 Å². The van der Waals surface area contributed by atoms with Crippen LogP contribution in [0.15, 0.2) is 36.4 Å². The smallest absolute Gasteiger partial charge is 0.123 e. The van der Waals surface area contributed by atoms with Crippen LogP contribution in [0.2, 0.25) is 0 Å². The largest absolute Gasteiger partial charge is 0.496 e. The topological polar surface area (TPSA) is 35.2 Å². The lowest BCUT2D eigenvalue weighted by atomic mass is 9.95. The summed E-state index contributed by atoms with van der Waals surface area (Å²) in [5, 5.41) is 0. The summed E-state index contributed by atoms with van der Waals surface area (Å²) in [5.74, 6) is 0.858. The molecule has 2 aromatic rings. The van der Waals surface area contributed by atoms with Gasteiger partial charge in [-0.2, -0.15) is 0 Å². The number of ether oxygens (including phenoxy) is 1. The Hall–Kier alpha value is -1.80. The van der Waals surface area contributed by atoms with E-state index >= 15 is 0 Å². The summed E-state index contributed by atoms with van der Waals surface area (Å²) in [6, 6.07) is 12.9. The van der Waals surface area contributed by atoms with E-state index in [-0.39, 0.29) is 0 Å². The third kappa shape index (κ3) is 2.86. The minimum absolute atomic E-state index is 0.491. The third-order valence-electron chi connectivity index (χ3n) is 3.80. The first-order valence-electron chi connectivity index (χ1n) is 7.22. The van der Waals surface area contributed by atoms with E-state index in [1.165, 1.54) is 22.3 Å². The lowest BCUT2D eigenvalue weighted by Crippen LogP contribution is -2.00. The maximum Gasteiger partial charge on any atom is 0.123 e. The molecule has 0 heterocycles. The molecule has 0 saturated carbocycles. The normalized spacial score (nSPS) is 10.6. The zero-order valence-corrected chi connectivity index (χ0v) is 12.6. The number of aryl methyl sites for hydroxylation is 2. The molecule has 0 aliphatic rings. The molecular formula is C18H23NO. The van der Waals surface area contributed by atoms with Crippen LogP contribution in [-0.4, -0.2) is 7.11 Å². The molecule has 2 nitrogen and oxygen atoms in total. The Balaban J connectivity index is 2.46. The second-order valence-corrected chi connectivity index (χ2v) is 4.92. The van der Waals surface area contributed by atoms with Gasteiger partial charge in [-0.05, 0) is 47.2 Å².